The molecule has 0 aliphatic heterocycles. The number of aliphatic hydroxyl groups excluding tert-OH is 1. The lowest BCUT2D eigenvalue weighted by atomic mass is 9.73. The maximum absolute atomic E-state index is 12.8. The zero-order valence-electron chi connectivity index (χ0n) is 14.4. The number of Topliss-reactive ketones (excluding diaryl/α,β-unsaturated/α-hetero) is 1. The zero-order valence-corrected chi connectivity index (χ0v) is 14.4. The minimum Gasteiger partial charge on any atom is -0.506 e. The van der Waals surface area contributed by atoms with Crippen LogP contribution >= 0.6 is 0 Å². The van der Waals surface area contributed by atoms with Crippen molar-refractivity contribution in [2.75, 3.05) is 6.61 Å². The van der Waals surface area contributed by atoms with Gasteiger partial charge in [-0.2, -0.15) is 0 Å². The molecular weight excluding hydrogens is 306 g/mol. The quantitative estimate of drug-likeness (QED) is 0.671. The van der Waals surface area contributed by atoms with Gasteiger partial charge in [0.25, 0.3) is 0 Å². The van der Waals surface area contributed by atoms with E-state index in [0.717, 1.165) is 12.8 Å². The molecule has 2 aliphatic carbocycles. The Labute approximate surface area is 141 Å². The molecule has 128 valence electrons. The van der Waals surface area contributed by atoms with Gasteiger partial charge in [0.15, 0.2) is 5.78 Å². The van der Waals surface area contributed by atoms with E-state index >= 15 is 0 Å². The molecule has 0 bridgehead atoms. The van der Waals surface area contributed by atoms with E-state index in [1.54, 1.807) is 6.92 Å². The predicted molar refractivity (Wildman–Crippen MR) is 90.3 cm³/mol. The van der Waals surface area contributed by atoms with Gasteiger partial charge in [-0.3, -0.25) is 4.79 Å². The van der Waals surface area contributed by atoms with Crippen molar-refractivity contribution in [2.45, 2.75) is 52.4 Å². The van der Waals surface area contributed by atoms with Crippen molar-refractivity contribution in [3.63, 3.8) is 0 Å². The average molecular weight is 329 g/mol. The fourth-order valence-electron chi connectivity index (χ4n) is 3.53. The molecule has 0 radical (unpaired) electrons. The zero-order chi connectivity index (χ0) is 17.6. The van der Waals surface area contributed by atoms with E-state index in [4.69, 9.17) is 4.74 Å². The molecule has 0 amide bonds. The number of hydrogen-bond donors (Lipinski definition) is 1. The molecule has 1 saturated carbocycles. The summed E-state index contributed by atoms with van der Waals surface area (Å²) in [7, 11) is 0. The topological polar surface area (TPSA) is 76.5 Å². The van der Waals surface area contributed by atoms with E-state index in [1.807, 2.05) is 13.8 Å². The second-order valence-electron chi connectivity index (χ2n) is 7.45. The standard InChI is InChI=1S/C19H23NO4/c1-5-24-18(23)16-14(11-6-7-11)15-12(20-17(16)10(2)21)8-19(3,4)9-13(15)22/h11,21H,2,5-9H2,1,3-4H3. The van der Waals surface area contributed by atoms with E-state index in [9.17, 15) is 14.7 Å². The number of carbonyl (C=O) groups excluding carboxylic acids is 2. The highest BCUT2D eigenvalue weighted by molar-refractivity contribution is 6.05. The van der Waals surface area contributed by atoms with Crippen molar-refractivity contribution in [1.82, 2.24) is 4.98 Å². The number of rotatable bonds is 4. The predicted octanol–water partition coefficient (Wildman–Crippen LogP) is 3.82. The lowest BCUT2D eigenvalue weighted by Gasteiger charge is -2.32. The largest absolute Gasteiger partial charge is 0.506 e. The van der Waals surface area contributed by atoms with Gasteiger partial charge in [0.05, 0.1) is 17.9 Å². The number of ether oxygens (including phenoxy) is 1. The Hall–Kier alpha value is -2.17. The van der Waals surface area contributed by atoms with Crippen molar-refractivity contribution in [1.29, 1.82) is 0 Å². The fourth-order valence-corrected chi connectivity index (χ4v) is 3.53. The van der Waals surface area contributed by atoms with Crippen molar-refractivity contribution in [3.8, 4) is 0 Å². The SMILES string of the molecule is C=C(O)c1nc2c(c(C3CC3)c1C(=O)OCC)C(=O)CC(C)(C)C2. The number of carbonyl (C=O) groups is 2. The molecule has 0 saturated heterocycles. The van der Waals surface area contributed by atoms with Crippen LogP contribution in [-0.4, -0.2) is 28.4 Å². The van der Waals surface area contributed by atoms with Crippen molar-refractivity contribution in [3.05, 3.63) is 34.7 Å². The van der Waals surface area contributed by atoms with Gasteiger partial charge in [-0.05, 0) is 43.1 Å². The monoisotopic (exact) mass is 329 g/mol. The van der Waals surface area contributed by atoms with Gasteiger partial charge in [0.1, 0.15) is 11.5 Å². The van der Waals surface area contributed by atoms with E-state index < -0.39 is 5.97 Å². The number of pyridine rings is 1. The second kappa shape index (κ2) is 5.72. The van der Waals surface area contributed by atoms with Crippen molar-refractivity contribution >= 4 is 17.5 Å². The lowest BCUT2D eigenvalue weighted by molar-refractivity contribution is 0.0523. The van der Waals surface area contributed by atoms with E-state index in [2.05, 4.69) is 11.6 Å². The molecule has 3 rings (SSSR count). The van der Waals surface area contributed by atoms with Crippen LogP contribution in [0.2, 0.25) is 0 Å². The summed E-state index contributed by atoms with van der Waals surface area (Å²) in [6.45, 7) is 9.55. The number of esters is 1. The van der Waals surface area contributed by atoms with Crippen molar-refractivity contribution < 1.29 is 19.4 Å². The molecular formula is C19H23NO4. The molecule has 5 heteroatoms. The Balaban J connectivity index is 2.29. The van der Waals surface area contributed by atoms with Crippen LogP contribution in [0.15, 0.2) is 6.58 Å². The van der Waals surface area contributed by atoms with Crippen LogP contribution in [0.4, 0.5) is 0 Å². The number of nitrogens with zero attached hydrogens (tertiary/aromatic N) is 1. The first-order valence-corrected chi connectivity index (χ1v) is 8.40. The first-order chi connectivity index (χ1) is 11.2. The molecule has 0 aromatic carbocycles. The number of fused-ring (bicyclic) bond motifs is 1. The smallest absolute Gasteiger partial charge is 0.340 e. The summed E-state index contributed by atoms with van der Waals surface area (Å²) in [6.07, 6.45) is 2.92. The highest BCUT2D eigenvalue weighted by Crippen LogP contribution is 2.48. The van der Waals surface area contributed by atoms with Gasteiger partial charge in [-0.25, -0.2) is 9.78 Å². The summed E-state index contributed by atoms with van der Waals surface area (Å²) < 4.78 is 5.16. The molecule has 24 heavy (non-hydrogen) atoms. The van der Waals surface area contributed by atoms with Gasteiger partial charge >= 0.3 is 5.97 Å². The average Bonchev–Trinajstić information content (AvgIpc) is 3.28. The summed E-state index contributed by atoms with van der Waals surface area (Å²) in [4.78, 5) is 29.8. The van der Waals surface area contributed by atoms with Crippen LogP contribution in [0, 0.1) is 5.41 Å². The maximum Gasteiger partial charge on any atom is 0.340 e. The Kier molecular flexibility index (Phi) is 3.98. The van der Waals surface area contributed by atoms with Crippen LogP contribution in [0.3, 0.4) is 0 Å². The van der Waals surface area contributed by atoms with E-state index in [0.29, 0.717) is 29.7 Å². The number of ketones is 1. The first-order valence-electron chi connectivity index (χ1n) is 8.40. The summed E-state index contributed by atoms with van der Waals surface area (Å²) in [5, 5.41) is 10.00. The molecule has 1 fully saturated rings. The van der Waals surface area contributed by atoms with Gasteiger partial charge in [-0.1, -0.05) is 20.4 Å². The third kappa shape index (κ3) is 2.83. The van der Waals surface area contributed by atoms with Gasteiger partial charge in [0.2, 0.25) is 0 Å². The Morgan fingerprint density at radius 1 is 1.38 bits per heavy atom. The normalized spacial score (nSPS) is 18.9. The molecule has 1 N–H and O–H groups in total. The summed E-state index contributed by atoms with van der Waals surface area (Å²) in [5.41, 5.74) is 2.14. The molecule has 0 spiro atoms. The Morgan fingerprint density at radius 3 is 2.58 bits per heavy atom. The molecule has 2 aliphatic rings. The van der Waals surface area contributed by atoms with Crippen LogP contribution in [-0.2, 0) is 11.2 Å². The van der Waals surface area contributed by atoms with Crippen LogP contribution in [0.1, 0.15) is 83.6 Å². The molecule has 0 atom stereocenters. The molecule has 0 unspecified atom stereocenters. The molecule has 1 aromatic rings. The fraction of sp³-hybridized carbons (Fsp3) is 0.526. The van der Waals surface area contributed by atoms with Crippen LogP contribution < -0.4 is 0 Å². The summed E-state index contributed by atoms with van der Waals surface area (Å²) in [5.74, 6) is -0.628. The highest BCUT2D eigenvalue weighted by Gasteiger charge is 2.41. The van der Waals surface area contributed by atoms with E-state index in [1.165, 1.54) is 0 Å². The van der Waals surface area contributed by atoms with Crippen molar-refractivity contribution in [2.24, 2.45) is 5.41 Å². The third-order valence-corrected chi connectivity index (χ3v) is 4.61. The van der Waals surface area contributed by atoms with Gasteiger partial charge in [-0.15, -0.1) is 0 Å². The number of aliphatic hydroxyl groups is 1. The highest BCUT2D eigenvalue weighted by atomic mass is 16.5. The number of aromatic nitrogens is 1. The minimum atomic E-state index is -0.544. The summed E-state index contributed by atoms with van der Waals surface area (Å²) >= 11 is 0. The minimum absolute atomic E-state index is 0.0244. The van der Waals surface area contributed by atoms with Gasteiger partial charge < -0.3 is 9.84 Å². The van der Waals surface area contributed by atoms with E-state index in [-0.39, 0.29) is 40.7 Å². The molecule has 1 aromatic heterocycles. The van der Waals surface area contributed by atoms with Gasteiger partial charge in [0, 0.05) is 12.0 Å². The molecule has 1 heterocycles. The lowest BCUT2D eigenvalue weighted by Crippen LogP contribution is -2.31. The van der Waals surface area contributed by atoms with Crippen LogP contribution in [0.25, 0.3) is 5.76 Å². The first kappa shape index (κ1) is 16.7. The maximum atomic E-state index is 12.8. The third-order valence-electron chi connectivity index (χ3n) is 4.61. The Bertz CT molecular complexity index is 744. The van der Waals surface area contributed by atoms with Crippen LogP contribution in [0.5, 0.6) is 0 Å². The second-order valence-corrected chi connectivity index (χ2v) is 7.45. The summed E-state index contributed by atoms with van der Waals surface area (Å²) in [6, 6.07) is 0. The molecule has 5 nitrogen and oxygen atoms in total. The number of hydrogen-bond acceptors (Lipinski definition) is 5. The Morgan fingerprint density at radius 2 is 2.04 bits per heavy atom.